The lowest BCUT2D eigenvalue weighted by molar-refractivity contribution is -0.406. The van der Waals surface area contributed by atoms with Crippen LogP contribution in [-0.2, 0) is 4.74 Å². The first-order valence-corrected chi connectivity index (χ1v) is 3.30. The molecule has 0 saturated carbocycles. The molecule has 1 fully saturated rings. The highest BCUT2D eigenvalue weighted by Crippen LogP contribution is 2.64. The Bertz CT molecular complexity index is 305. The second-order valence-electron chi connectivity index (χ2n) is 2.86. The molecule has 0 radical (unpaired) electrons. The maximum absolute atomic E-state index is 12.5. The van der Waals surface area contributed by atoms with Gasteiger partial charge in [-0.2, -0.15) is 43.9 Å². The van der Waals surface area contributed by atoms with Crippen molar-refractivity contribution in [2.45, 2.75) is 30.0 Å². The Labute approximate surface area is 80.0 Å². The van der Waals surface area contributed by atoms with Crippen molar-refractivity contribution in [1.82, 2.24) is 0 Å². The van der Waals surface area contributed by atoms with E-state index in [9.17, 15) is 43.9 Å². The van der Waals surface area contributed by atoms with E-state index < -0.39 is 30.0 Å². The van der Waals surface area contributed by atoms with Crippen LogP contribution in [0.25, 0.3) is 0 Å². The van der Waals surface area contributed by atoms with Gasteiger partial charge in [0.25, 0.3) is 0 Å². The summed E-state index contributed by atoms with van der Waals surface area (Å²) >= 11 is 0. The second-order valence-corrected chi connectivity index (χ2v) is 2.86. The van der Waals surface area contributed by atoms with Crippen molar-refractivity contribution < 1.29 is 48.6 Å². The van der Waals surface area contributed by atoms with Gasteiger partial charge in [-0.1, -0.05) is 0 Å². The van der Waals surface area contributed by atoms with Crippen LogP contribution >= 0.6 is 0 Å². The molecule has 1 nitrogen and oxygen atoms in total. The summed E-state index contributed by atoms with van der Waals surface area (Å²) in [5.74, 6) is -19.8. The third kappa shape index (κ3) is 1.17. The molecule has 0 aromatic heterocycles. The Hall–Kier alpha value is -0.740. The first-order chi connectivity index (χ1) is 6.71. The van der Waals surface area contributed by atoms with Crippen LogP contribution in [0.5, 0.6) is 0 Å². The minimum Gasteiger partial charge on any atom is -0.264 e. The molecule has 1 aliphatic rings. The highest BCUT2D eigenvalue weighted by Gasteiger charge is 2.95. The molecule has 0 aliphatic carbocycles. The van der Waals surface area contributed by atoms with Gasteiger partial charge in [-0.05, 0) is 0 Å². The molecule has 1 atom stereocenters. The molecule has 1 saturated heterocycles. The van der Waals surface area contributed by atoms with Crippen molar-refractivity contribution in [3.05, 3.63) is 0 Å². The van der Waals surface area contributed by atoms with Crippen LogP contribution in [-0.4, -0.2) is 30.0 Å². The lowest BCUT2D eigenvalue weighted by Gasteiger charge is -2.27. The monoisotopic (exact) mass is 266 g/mol. The molecule has 11 heteroatoms. The Morgan fingerprint density at radius 3 is 1.19 bits per heavy atom. The van der Waals surface area contributed by atoms with Crippen LogP contribution in [0.15, 0.2) is 0 Å². The fourth-order valence-corrected chi connectivity index (χ4v) is 0.925. The van der Waals surface area contributed by atoms with Gasteiger partial charge in [0.15, 0.2) is 0 Å². The molecular formula is C5F10O. The number of hydrogen-bond donors (Lipinski definition) is 0. The zero-order chi connectivity index (χ0) is 13.2. The maximum Gasteiger partial charge on any atom is 0.455 e. The summed E-state index contributed by atoms with van der Waals surface area (Å²) in [4.78, 5) is 0. The summed E-state index contributed by atoms with van der Waals surface area (Å²) in [5, 5.41) is 0. The highest BCUT2D eigenvalue weighted by atomic mass is 19.4. The van der Waals surface area contributed by atoms with E-state index in [1.54, 1.807) is 0 Å². The minimum absolute atomic E-state index is 1.91. The van der Waals surface area contributed by atoms with E-state index in [0.717, 1.165) is 0 Å². The number of ether oxygens (including phenoxy) is 1. The Morgan fingerprint density at radius 1 is 0.688 bits per heavy atom. The predicted molar refractivity (Wildman–Crippen MR) is 25.8 cm³/mol. The normalized spacial score (nSPS) is 36.4. The zero-order valence-corrected chi connectivity index (χ0v) is 6.69. The molecule has 96 valence electrons. The summed E-state index contributed by atoms with van der Waals surface area (Å²) in [6, 6.07) is 0. The first kappa shape index (κ1) is 13.3. The smallest absolute Gasteiger partial charge is 0.264 e. The van der Waals surface area contributed by atoms with E-state index in [2.05, 4.69) is 0 Å². The zero-order valence-electron chi connectivity index (χ0n) is 6.69. The van der Waals surface area contributed by atoms with Gasteiger partial charge < -0.3 is 0 Å². The topological polar surface area (TPSA) is 9.23 Å². The van der Waals surface area contributed by atoms with Crippen LogP contribution in [0.2, 0.25) is 0 Å². The molecule has 0 bridgehead atoms. The van der Waals surface area contributed by atoms with Crippen molar-refractivity contribution in [2.24, 2.45) is 0 Å². The number of alkyl halides is 10. The van der Waals surface area contributed by atoms with Gasteiger partial charge in [0, 0.05) is 0 Å². The van der Waals surface area contributed by atoms with Gasteiger partial charge >= 0.3 is 30.0 Å². The van der Waals surface area contributed by atoms with E-state index in [-0.39, 0.29) is 0 Å². The average Bonchev–Trinajstić information content (AvgIpc) is 2.07. The van der Waals surface area contributed by atoms with Gasteiger partial charge in [0.05, 0.1) is 0 Å². The molecule has 0 aromatic rings. The lowest BCUT2D eigenvalue weighted by atomic mass is 10.1. The summed E-state index contributed by atoms with van der Waals surface area (Å²) in [6.07, 6.45) is -13.0. The van der Waals surface area contributed by atoms with Crippen LogP contribution in [0.1, 0.15) is 0 Å². The molecule has 0 amide bonds. The summed E-state index contributed by atoms with van der Waals surface area (Å²) in [5.41, 5.74) is 0. The van der Waals surface area contributed by atoms with Crippen LogP contribution in [0.3, 0.4) is 0 Å². The minimum atomic E-state index is -6.74. The molecule has 1 unspecified atom stereocenters. The maximum atomic E-state index is 12.5. The molecule has 0 aromatic carbocycles. The van der Waals surface area contributed by atoms with E-state index in [0.29, 0.717) is 0 Å². The Kier molecular flexibility index (Phi) is 2.28. The first-order valence-electron chi connectivity index (χ1n) is 3.30. The van der Waals surface area contributed by atoms with E-state index >= 15 is 0 Å². The van der Waals surface area contributed by atoms with Crippen LogP contribution in [0, 0.1) is 0 Å². The standard InChI is InChI=1S/C5F10O/c6-1(7)2(8,9)5(14,15)16-3(1,10)4(11,12)13. The van der Waals surface area contributed by atoms with Gasteiger partial charge in [-0.15, -0.1) is 0 Å². The molecule has 16 heavy (non-hydrogen) atoms. The van der Waals surface area contributed by atoms with E-state index in [1.807, 2.05) is 4.74 Å². The van der Waals surface area contributed by atoms with Gasteiger partial charge in [0.1, 0.15) is 0 Å². The van der Waals surface area contributed by atoms with Crippen molar-refractivity contribution in [2.75, 3.05) is 0 Å². The third-order valence-electron chi connectivity index (χ3n) is 1.80. The fourth-order valence-electron chi connectivity index (χ4n) is 0.925. The number of hydrogen-bond acceptors (Lipinski definition) is 1. The highest BCUT2D eigenvalue weighted by molar-refractivity contribution is 5.10. The van der Waals surface area contributed by atoms with E-state index in [4.69, 9.17) is 0 Å². The Morgan fingerprint density at radius 2 is 1.06 bits per heavy atom. The lowest BCUT2D eigenvalue weighted by Crippen LogP contribution is -2.58. The van der Waals surface area contributed by atoms with Gasteiger partial charge in [0.2, 0.25) is 0 Å². The number of halogens is 10. The molecule has 0 spiro atoms. The Balaban J connectivity index is 3.41. The molecule has 0 N–H and O–H groups in total. The van der Waals surface area contributed by atoms with Crippen LogP contribution < -0.4 is 0 Å². The summed E-state index contributed by atoms with van der Waals surface area (Å²) < 4.78 is 123. The predicted octanol–water partition coefficient (Wildman–Crippen LogP) is 3.11. The van der Waals surface area contributed by atoms with Crippen LogP contribution in [0.4, 0.5) is 43.9 Å². The van der Waals surface area contributed by atoms with Crippen molar-refractivity contribution >= 4 is 0 Å². The molecule has 1 aliphatic heterocycles. The fraction of sp³-hybridized carbons (Fsp3) is 1.00. The SMILES string of the molecule is FC(F)(F)C1(F)OC(F)(F)C(F)(F)C1(F)F. The third-order valence-corrected chi connectivity index (χ3v) is 1.80. The van der Waals surface area contributed by atoms with Gasteiger partial charge in [-0.3, -0.25) is 4.74 Å². The largest absolute Gasteiger partial charge is 0.455 e. The average molecular weight is 266 g/mol. The summed E-state index contributed by atoms with van der Waals surface area (Å²) in [6.45, 7) is 0. The van der Waals surface area contributed by atoms with Crippen molar-refractivity contribution in [3.8, 4) is 0 Å². The summed E-state index contributed by atoms with van der Waals surface area (Å²) in [7, 11) is 0. The molecule has 1 rings (SSSR count). The van der Waals surface area contributed by atoms with Gasteiger partial charge in [-0.25, -0.2) is 0 Å². The van der Waals surface area contributed by atoms with Crippen molar-refractivity contribution in [1.29, 1.82) is 0 Å². The van der Waals surface area contributed by atoms with Crippen molar-refractivity contribution in [3.63, 3.8) is 0 Å². The molecular weight excluding hydrogens is 266 g/mol. The quantitative estimate of drug-likeness (QED) is 0.612. The molecule has 1 heterocycles. The second kappa shape index (κ2) is 2.74. The number of rotatable bonds is 0. The van der Waals surface area contributed by atoms with E-state index in [1.165, 1.54) is 0 Å².